The van der Waals surface area contributed by atoms with Crippen LogP contribution in [-0.4, -0.2) is 0 Å². The van der Waals surface area contributed by atoms with Crippen molar-refractivity contribution in [3.05, 3.63) is 532 Å². The number of allylic oxidation sites excluding steroid dienone is 4. The minimum atomic E-state index is -0.119. The second kappa shape index (κ2) is 34.0. The third-order valence-corrected chi connectivity index (χ3v) is 32.4. The smallest absolute Gasteiger partial charge is 0.159 e. The van der Waals surface area contributed by atoms with E-state index in [1.807, 2.05) is 18.2 Å². The zero-order valence-electron chi connectivity index (χ0n) is 82.3. The van der Waals surface area contributed by atoms with Crippen molar-refractivity contribution in [1.29, 1.82) is 0 Å². The Labute approximate surface area is 857 Å². The Morgan fingerprint density at radius 1 is 0.203 bits per heavy atom. The van der Waals surface area contributed by atoms with E-state index in [9.17, 15) is 0 Å². The molecule has 148 heavy (non-hydrogen) atoms. The van der Waals surface area contributed by atoms with E-state index in [1.54, 1.807) is 0 Å². The van der Waals surface area contributed by atoms with Crippen molar-refractivity contribution in [1.82, 2.24) is 0 Å². The van der Waals surface area contributed by atoms with Crippen molar-refractivity contribution in [2.45, 2.75) is 44.4 Å². The lowest BCUT2D eigenvalue weighted by atomic mass is 9.74. The number of fused-ring (bicyclic) bond motifs is 30. The third kappa shape index (κ3) is 13.8. The molecule has 0 spiro atoms. The number of rotatable bonds is 14. The van der Waals surface area contributed by atoms with E-state index < -0.39 is 0 Å². The van der Waals surface area contributed by atoms with Crippen LogP contribution in [-0.2, 0) is 10.8 Å². The van der Waals surface area contributed by atoms with E-state index in [-0.39, 0.29) is 10.8 Å². The summed E-state index contributed by atoms with van der Waals surface area (Å²) in [5.41, 5.74) is 29.4. The molecular formula is C142H98N4O2. The number of benzene rings is 25. The van der Waals surface area contributed by atoms with Gasteiger partial charge in [-0.2, -0.15) is 0 Å². The highest BCUT2D eigenvalue weighted by Crippen LogP contribution is 2.58. The molecule has 2 aromatic heterocycles. The second-order valence-electron chi connectivity index (χ2n) is 41.3. The quantitative estimate of drug-likeness (QED) is 0.101. The van der Waals surface area contributed by atoms with Crippen molar-refractivity contribution in [2.24, 2.45) is 5.92 Å². The van der Waals surface area contributed by atoms with Gasteiger partial charge < -0.3 is 28.4 Å². The molecule has 2 atom stereocenters. The molecule has 0 amide bonds. The van der Waals surface area contributed by atoms with Crippen molar-refractivity contribution in [3.63, 3.8) is 0 Å². The molecule has 0 fully saturated rings. The summed E-state index contributed by atoms with van der Waals surface area (Å²) < 4.78 is 13.1. The Morgan fingerprint density at radius 3 is 1.16 bits per heavy atom. The van der Waals surface area contributed by atoms with Crippen molar-refractivity contribution >= 4 is 220 Å². The van der Waals surface area contributed by atoms with Gasteiger partial charge in [-0.3, -0.25) is 0 Å². The molecule has 0 saturated carbocycles. The summed E-state index contributed by atoms with van der Waals surface area (Å²) in [6.45, 7) is 9.59. The maximum atomic E-state index is 6.77. The highest BCUT2D eigenvalue weighted by atomic mass is 16.3. The largest absolute Gasteiger partial charge is 0.456 e. The average molecular weight is 1890 g/mol. The van der Waals surface area contributed by atoms with Gasteiger partial charge in [0.15, 0.2) is 5.58 Å². The summed E-state index contributed by atoms with van der Waals surface area (Å²) in [6.07, 6.45) is 9.27. The van der Waals surface area contributed by atoms with Gasteiger partial charge in [0.1, 0.15) is 16.7 Å². The Bertz CT molecular complexity index is 10200. The van der Waals surface area contributed by atoms with Crippen LogP contribution >= 0.6 is 0 Å². The number of para-hydroxylation sites is 5. The molecule has 0 aliphatic heterocycles. The molecule has 0 saturated heterocycles. The van der Waals surface area contributed by atoms with Crippen LogP contribution < -0.4 is 19.6 Å². The summed E-state index contributed by atoms with van der Waals surface area (Å²) in [6, 6.07) is 179. The van der Waals surface area contributed by atoms with Gasteiger partial charge in [0.25, 0.3) is 0 Å². The first-order valence-electron chi connectivity index (χ1n) is 51.6. The summed E-state index contributed by atoms with van der Waals surface area (Å²) >= 11 is 0. The first-order valence-corrected chi connectivity index (χ1v) is 51.6. The van der Waals surface area contributed by atoms with Gasteiger partial charge in [0.2, 0.25) is 0 Å². The highest BCUT2D eigenvalue weighted by molar-refractivity contribution is 6.34. The number of anilines is 12. The number of nitrogens with zero attached hydrogens (tertiary/aromatic N) is 4. The SMILES string of the molecule is CC1(C)c2ccccc2-c2ccc(N(c3ccc4ccccc4c3)c3ccc4c(ccc5c6ccc(N(c7ccc8c(c7)C(C)(C)C7C=CC=CC87)c7ccc8ccccc8c7)cc6c6ccccc6c45)c3)cc21.c1ccc(-c2ccccc2N(c2ccc3oc4ccccc4c3c2)c2ccc3c(c2)c2ccccc2c2c4ccc(N(c5ccccc5-c5ccccc5)c5cccc6c5oc5ccccc56)cc4ccc32)cc1. The molecule has 0 N–H and O–H groups in total. The summed E-state index contributed by atoms with van der Waals surface area (Å²) in [5.74, 6) is 0.838. The van der Waals surface area contributed by atoms with E-state index in [0.717, 1.165) is 134 Å². The second-order valence-corrected chi connectivity index (χ2v) is 41.3. The first kappa shape index (κ1) is 86.1. The fraction of sp³-hybridized carbons (Fsp3) is 0.0563. The van der Waals surface area contributed by atoms with Gasteiger partial charge in [-0.25, -0.2) is 0 Å². The molecule has 30 rings (SSSR count). The molecule has 0 bridgehead atoms. The lowest BCUT2D eigenvalue weighted by molar-refractivity contribution is 0.394. The third-order valence-electron chi connectivity index (χ3n) is 32.4. The zero-order valence-corrected chi connectivity index (χ0v) is 82.3. The van der Waals surface area contributed by atoms with E-state index in [0.29, 0.717) is 11.8 Å². The monoisotopic (exact) mass is 1890 g/mol. The maximum absolute atomic E-state index is 6.77. The molecule has 25 aromatic carbocycles. The molecule has 6 nitrogen and oxygen atoms in total. The van der Waals surface area contributed by atoms with Crippen molar-refractivity contribution < 1.29 is 8.83 Å². The standard InChI is InChI=1S/C72H54N2.C70H44N2O2/c1-71(2)66-23-13-11-20-59(66)61-37-32-54(43-68(61)71)73(50-28-25-45-15-5-7-17-47(45)39-50)52-30-35-56-49(41-52)27-34-64-58-36-31-53(42-65(58)57-19-9-10-22-63(57)70(56)64)74(51-29-26-46-16-6-8-18-48(46)40-51)55-33-38-62-60-21-12-14-24-67(60)72(3,4)69(62)44-55;1-3-18-45(19-4-1)51-22-9-13-29-63(51)71(50-37-41-68-62(44-50)57-26-12-15-32-66(57)73-68)49-36-40-55-59-38-34-47-42-48(35-39-53(47)69(59)58-27-8-7-24-54(58)61(55)43-49)72(64-30-14-10-23-52(64)46-20-5-2-6-21-46)65-31-17-28-60-56-25-11-16-33-67(56)74-70(60)65/h5-44,60,67H,1-4H3;1-44H. The summed E-state index contributed by atoms with van der Waals surface area (Å²) in [5, 5.41) is 29.0. The number of hydrogen-bond donors (Lipinski definition) is 0. The van der Waals surface area contributed by atoms with E-state index in [2.05, 4.69) is 539 Å². The molecule has 3 aliphatic rings. The molecule has 3 aliphatic carbocycles. The predicted molar refractivity (Wildman–Crippen MR) is 627 cm³/mol. The minimum absolute atomic E-state index is 0.00487. The maximum Gasteiger partial charge on any atom is 0.159 e. The Kier molecular flexibility index (Phi) is 19.8. The fourth-order valence-electron chi connectivity index (χ4n) is 25.4. The number of hydrogen-bond acceptors (Lipinski definition) is 6. The van der Waals surface area contributed by atoms with E-state index in [1.165, 1.54) is 141 Å². The van der Waals surface area contributed by atoms with Crippen LogP contribution in [0.2, 0.25) is 0 Å². The van der Waals surface area contributed by atoms with Gasteiger partial charge >= 0.3 is 0 Å². The molecule has 6 heteroatoms. The van der Waals surface area contributed by atoms with E-state index in [4.69, 9.17) is 8.83 Å². The van der Waals surface area contributed by atoms with Crippen LogP contribution in [0, 0.1) is 5.92 Å². The van der Waals surface area contributed by atoms with Crippen LogP contribution in [0.4, 0.5) is 68.2 Å². The van der Waals surface area contributed by atoms with Gasteiger partial charge in [-0.15, -0.1) is 0 Å². The molecule has 698 valence electrons. The van der Waals surface area contributed by atoms with Gasteiger partial charge in [-0.1, -0.05) is 392 Å². The zero-order chi connectivity index (χ0) is 98.1. The molecule has 27 aromatic rings. The molecule has 2 unspecified atom stereocenters. The first-order chi connectivity index (χ1) is 72.9. The van der Waals surface area contributed by atoms with Gasteiger partial charge in [0.05, 0.1) is 17.1 Å². The lowest BCUT2D eigenvalue weighted by Crippen LogP contribution is -2.24. The predicted octanol–water partition coefficient (Wildman–Crippen LogP) is 40.3. The Morgan fingerprint density at radius 2 is 0.568 bits per heavy atom. The number of furan rings is 2. The average Bonchev–Trinajstić information content (AvgIpc) is 0.955. The van der Waals surface area contributed by atoms with Gasteiger partial charge in [0, 0.05) is 95.2 Å². The van der Waals surface area contributed by atoms with Crippen LogP contribution in [0.3, 0.4) is 0 Å². The normalized spacial score (nSPS) is 14.3. The topological polar surface area (TPSA) is 39.2 Å². The summed E-state index contributed by atoms with van der Waals surface area (Å²) in [4.78, 5) is 9.74. The van der Waals surface area contributed by atoms with Crippen LogP contribution in [0.25, 0.3) is 185 Å². The molecule has 2 heterocycles. The van der Waals surface area contributed by atoms with E-state index >= 15 is 0 Å². The van der Waals surface area contributed by atoms with Crippen molar-refractivity contribution in [2.75, 3.05) is 19.6 Å². The Hall–Kier alpha value is -18.6. The minimum Gasteiger partial charge on any atom is -0.456 e. The molecule has 0 radical (unpaired) electrons. The molecular weight excluding hydrogens is 1790 g/mol. The van der Waals surface area contributed by atoms with Crippen molar-refractivity contribution in [3.8, 4) is 33.4 Å². The fourth-order valence-corrected chi connectivity index (χ4v) is 25.4. The van der Waals surface area contributed by atoms with Crippen LogP contribution in [0.1, 0.15) is 55.9 Å². The van der Waals surface area contributed by atoms with Crippen LogP contribution in [0.5, 0.6) is 0 Å². The Balaban J connectivity index is 0.000000140. The van der Waals surface area contributed by atoms with Crippen LogP contribution in [0.15, 0.2) is 518 Å². The van der Waals surface area contributed by atoms with Gasteiger partial charge in [-0.05, 0) is 309 Å². The lowest BCUT2D eigenvalue weighted by Gasteiger charge is -2.30. The summed E-state index contributed by atoms with van der Waals surface area (Å²) in [7, 11) is 0. The highest BCUT2D eigenvalue weighted by Gasteiger charge is 2.45.